The fourth-order valence-corrected chi connectivity index (χ4v) is 6.84. The van der Waals surface area contributed by atoms with Crippen molar-refractivity contribution >= 4 is 40.0 Å². The summed E-state index contributed by atoms with van der Waals surface area (Å²) in [5.74, 6) is 0.199. The van der Waals surface area contributed by atoms with Gasteiger partial charge < -0.3 is 4.74 Å². The molecular weight excluding hydrogens is 452 g/mol. The minimum absolute atomic E-state index is 0.202. The summed E-state index contributed by atoms with van der Waals surface area (Å²) in [5.41, 5.74) is 1.43. The van der Waals surface area contributed by atoms with Crippen LogP contribution in [-0.2, 0) is 11.2 Å². The van der Waals surface area contributed by atoms with Crippen LogP contribution < -0.4 is 0 Å². The molecule has 0 fully saturated rings. The van der Waals surface area contributed by atoms with Crippen LogP contribution in [0.4, 0.5) is 0 Å². The van der Waals surface area contributed by atoms with Gasteiger partial charge in [0.15, 0.2) is 0 Å². The fraction of sp³-hybridized carbons (Fsp3) is 0.519. The molecule has 0 bridgehead atoms. The molecule has 0 saturated carbocycles. The van der Waals surface area contributed by atoms with Gasteiger partial charge in [-0.05, 0) is 61.6 Å². The number of hydrogen-bond donors (Lipinski definition) is 0. The molecule has 0 aromatic carbocycles. The van der Waals surface area contributed by atoms with Crippen LogP contribution in [0, 0.1) is 12.8 Å². The Balaban J connectivity index is 1.59. The minimum atomic E-state index is -0.202. The Labute approximate surface area is 205 Å². The summed E-state index contributed by atoms with van der Waals surface area (Å²) >= 11 is 5.29. The Morgan fingerprint density at radius 2 is 1.53 bits per heavy atom. The number of ether oxygens (including phenoxy) is 1. The average molecular weight is 489 g/mol. The van der Waals surface area contributed by atoms with E-state index in [0.717, 1.165) is 11.3 Å². The van der Waals surface area contributed by atoms with E-state index < -0.39 is 0 Å². The lowest BCUT2D eigenvalue weighted by Crippen LogP contribution is -2.10. The predicted octanol–water partition coefficient (Wildman–Crippen LogP) is 9.62. The molecule has 0 unspecified atom stereocenters. The SMILES string of the molecule is CCCCCCCCc1sc(-c2ccc(-c3ccc(C(=O)OC[C@H](C)CC)s3)s2)cc1C. The Morgan fingerprint density at radius 1 is 0.875 bits per heavy atom. The molecule has 0 N–H and O–H groups in total. The van der Waals surface area contributed by atoms with Gasteiger partial charge in [-0.25, -0.2) is 4.79 Å². The van der Waals surface area contributed by atoms with E-state index in [9.17, 15) is 4.79 Å². The van der Waals surface area contributed by atoms with Gasteiger partial charge in [0.05, 0.1) is 6.61 Å². The number of hydrogen-bond acceptors (Lipinski definition) is 5. The molecule has 0 aliphatic carbocycles. The molecule has 0 amide bonds. The molecular formula is C27H36O2S3. The number of carbonyl (C=O) groups is 1. The van der Waals surface area contributed by atoms with Gasteiger partial charge in [-0.15, -0.1) is 34.0 Å². The van der Waals surface area contributed by atoms with E-state index in [1.807, 2.05) is 34.8 Å². The van der Waals surface area contributed by atoms with Crippen molar-refractivity contribution in [3.63, 3.8) is 0 Å². The smallest absolute Gasteiger partial charge is 0.348 e. The number of esters is 1. The van der Waals surface area contributed by atoms with Crippen molar-refractivity contribution in [3.05, 3.63) is 45.6 Å². The summed E-state index contributed by atoms with van der Waals surface area (Å²) in [5, 5.41) is 0. The molecule has 0 aliphatic heterocycles. The van der Waals surface area contributed by atoms with Crippen LogP contribution in [0.5, 0.6) is 0 Å². The third-order valence-electron chi connectivity index (χ3n) is 5.87. The van der Waals surface area contributed by atoms with Crippen molar-refractivity contribution in [2.24, 2.45) is 5.92 Å². The molecule has 3 aromatic rings. The molecule has 174 valence electrons. The topological polar surface area (TPSA) is 26.3 Å². The predicted molar refractivity (Wildman–Crippen MR) is 142 cm³/mol. The van der Waals surface area contributed by atoms with Gasteiger partial charge in [0.25, 0.3) is 0 Å². The van der Waals surface area contributed by atoms with Crippen LogP contribution in [-0.4, -0.2) is 12.6 Å². The Morgan fingerprint density at radius 3 is 2.28 bits per heavy atom. The highest BCUT2D eigenvalue weighted by molar-refractivity contribution is 7.26. The maximum absolute atomic E-state index is 12.3. The highest BCUT2D eigenvalue weighted by Crippen LogP contribution is 2.41. The summed E-state index contributed by atoms with van der Waals surface area (Å²) in [6, 6.07) is 10.7. The van der Waals surface area contributed by atoms with Crippen molar-refractivity contribution in [1.29, 1.82) is 0 Å². The lowest BCUT2D eigenvalue weighted by Gasteiger charge is -2.08. The van der Waals surface area contributed by atoms with Crippen LogP contribution in [0.2, 0.25) is 0 Å². The Hall–Kier alpha value is -1.43. The summed E-state index contributed by atoms with van der Waals surface area (Å²) < 4.78 is 5.46. The molecule has 32 heavy (non-hydrogen) atoms. The average Bonchev–Trinajstić information content (AvgIpc) is 3.53. The molecule has 3 rings (SSSR count). The molecule has 0 spiro atoms. The van der Waals surface area contributed by atoms with E-state index in [0.29, 0.717) is 17.4 Å². The normalized spacial score (nSPS) is 12.2. The number of unbranched alkanes of at least 4 members (excludes halogenated alkanes) is 5. The van der Waals surface area contributed by atoms with Gasteiger partial charge >= 0.3 is 5.97 Å². The molecule has 3 aromatic heterocycles. The van der Waals surface area contributed by atoms with Crippen LogP contribution in [0.15, 0.2) is 30.3 Å². The van der Waals surface area contributed by atoms with Crippen LogP contribution in [0.25, 0.3) is 19.5 Å². The summed E-state index contributed by atoms with van der Waals surface area (Å²) in [7, 11) is 0. The molecule has 2 nitrogen and oxygen atoms in total. The maximum Gasteiger partial charge on any atom is 0.348 e. The lowest BCUT2D eigenvalue weighted by molar-refractivity contribution is 0.0453. The Kier molecular flexibility index (Phi) is 10.0. The molecule has 0 saturated heterocycles. The third kappa shape index (κ3) is 7.03. The monoisotopic (exact) mass is 488 g/mol. The highest BCUT2D eigenvalue weighted by Gasteiger charge is 2.15. The van der Waals surface area contributed by atoms with Gasteiger partial charge in [0.2, 0.25) is 0 Å². The molecule has 0 aliphatic rings. The number of aryl methyl sites for hydroxylation is 2. The third-order valence-corrected chi connectivity index (χ3v) is 9.71. The summed E-state index contributed by atoms with van der Waals surface area (Å²) in [6.07, 6.45) is 10.3. The number of rotatable bonds is 13. The Bertz CT molecular complexity index is 979. The second-order valence-corrected chi connectivity index (χ2v) is 12.0. The number of carbonyl (C=O) groups excluding carboxylic acids is 1. The highest BCUT2D eigenvalue weighted by atomic mass is 32.1. The van der Waals surface area contributed by atoms with Gasteiger partial charge in [-0.1, -0.05) is 59.3 Å². The van der Waals surface area contributed by atoms with Crippen LogP contribution in [0.3, 0.4) is 0 Å². The lowest BCUT2D eigenvalue weighted by atomic mass is 10.1. The van der Waals surface area contributed by atoms with E-state index in [4.69, 9.17) is 4.74 Å². The summed E-state index contributed by atoms with van der Waals surface area (Å²) in [6.45, 7) is 9.23. The van der Waals surface area contributed by atoms with Crippen molar-refractivity contribution < 1.29 is 9.53 Å². The van der Waals surface area contributed by atoms with E-state index in [2.05, 4.69) is 45.9 Å². The molecule has 3 heterocycles. The van der Waals surface area contributed by atoms with Gasteiger partial charge in [-0.3, -0.25) is 0 Å². The van der Waals surface area contributed by atoms with Crippen molar-refractivity contribution in [2.45, 2.75) is 79.1 Å². The zero-order chi connectivity index (χ0) is 22.9. The molecule has 0 radical (unpaired) electrons. The zero-order valence-electron chi connectivity index (χ0n) is 19.9. The van der Waals surface area contributed by atoms with Gasteiger partial charge in [-0.2, -0.15) is 0 Å². The minimum Gasteiger partial charge on any atom is -0.461 e. The van der Waals surface area contributed by atoms with E-state index in [-0.39, 0.29) is 5.97 Å². The second-order valence-electron chi connectivity index (χ2n) is 8.67. The van der Waals surface area contributed by atoms with Gasteiger partial charge in [0.1, 0.15) is 4.88 Å². The van der Waals surface area contributed by atoms with Crippen LogP contribution >= 0.6 is 34.0 Å². The van der Waals surface area contributed by atoms with Crippen molar-refractivity contribution in [3.8, 4) is 19.5 Å². The van der Waals surface area contributed by atoms with E-state index in [1.165, 1.54) is 81.4 Å². The second kappa shape index (κ2) is 12.7. The van der Waals surface area contributed by atoms with E-state index in [1.54, 1.807) is 0 Å². The van der Waals surface area contributed by atoms with Crippen LogP contribution in [0.1, 0.15) is 85.8 Å². The first kappa shape index (κ1) is 25.2. The quantitative estimate of drug-likeness (QED) is 0.177. The van der Waals surface area contributed by atoms with E-state index >= 15 is 0 Å². The first-order valence-electron chi connectivity index (χ1n) is 12.0. The fourth-order valence-electron chi connectivity index (χ4n) is 3.55. The first-order chi connectivity index (χ1) is 15.5. The van der Waals surface area contributed by atoms with Crippen molar-refractivity contribution in [2.75, 3.05) is 6.61 Å². The first-order valence-corrected chi connectivity index (χ1v) is 14.4. The van der Waals surface area contributed by atoms with Gasteiger partial charge in [0, 0.05) is 24.4 Å². The summed E-state index contributed by atoms with van der Waals surface area (Å²) in [4.78, 5) is 19.6. The largest absolute Gasteiger partial charge is 0.461 e. The number of thiophene rings is 3. The molecule has 1 atom stereocenters. The standard InChI is InChI=1S/C27H36O2S3/c1-5-7-8-9-10-11-12-21-20(4)17-26(30-21)24-14-13-22(31-24)23-15-16-25(32-23)27(28)29-18-19(3)6-2/h13-17,19H,5-12,18H2,1-4H3/t19-/m1/s1. The zero-order valence-corrected chi connectivity index (χ0v) is 22.3. The molecule has 5 heteroatoms. The maximum atomic E-state index is 12.3. The van der Waals surface area contributed by atoms with Crippen molar-refractivity contribution in [1.82, 2.24) is 0 Å².